The molecule has 0 aliphatic rings. The van der Waals surface area contributed by atoms with Crippen LogP contribution in [0.1, 0.15) is 17.3 Å². The summed E-state index contributed by atoms with van der Waals surface area (Å²) in [5.41, 5.74) is 4.04. The van der Waals surface area contributed by atoms with Crippen molar-refractivity contribution in [3.63, 3.8) is 0 Å². The molecule has 1 aromatic carbocycles. The summed E-state index contributed by atoms with van der Waals surface area (Å²) in [7, 11) is 0. The lowest BCUT2D eigenvalue weighted by Crippen LogP contribution is -2.09. The molecule has 1 rings (SSSR count). The van der Waals surface area contributed by atoms with Crippen molar-refractivity contribution >= 4 is 17.3 Å². The van der Waals surface area contributed by atoms with E-state index < -0.39 is 28.0 Å². The van der Waals surface area contributed by atoms with Gasteiger partial charge in [-0.05, 0) is 13.0 Å². The molecule has 6 nitrogen and oxygen atoms in total. The highest BCUT2D eigenvalue weighted by atomic mass is 19.1. The van der Waals surface area contributed by atoms with Crippen LogP contribution in [0.15, 0.2) is 12.1 Å². The van der Waals surface area contributed by atoms with Crippen LogP contribution in [0.2, 0.25) is 0 Å². The maximum atomic E-state index is 13.3. The number of rotatable bonds is 3. The van der Waals surface area contributed by atoms with Crippen LogP contribution in [-0.4, -0.2) is 17.5 Å². The highest BCUT2D eigenvalue weighted by Gasteiger charge is 2.20. The Labute approximate surface area is 90.0 Å². The van der Waals surface area contributed by atoms with Gasteiger partial charge >= 0.3 is 5.97 Å². The third kappa shape index (κ3) is 2.25. The molecule has 0 atom stereocenters. The molecule has 1 aromatic rings. The van der Waals surface area contributed by atoms with E-state index in [1.54, 1.807) is 6.92 Å². The Kier molecular flexibility index (Phi) is 3.39. The van der Waals surface area contributed by atoms with E-state index in [-0.39, 0.29) is 12.3 Å². The van der Waals surface area contributed by atoms with Crippen molar-refractivity contribution in [2.24, 2.45) is 0 Å². The van der Waals surface area contributed by atoms with E-state index in [1.165, 1.54) is 0 Å². The predicted octanol–water partition coefficient (Wildman–Crippen LogP) is 1.49. The van der Waals surface area contributed by atoms with Crippen molar-refractivity contribution in [3.05, 3.63) is 33.6 Å². The van der Waals surface area contributed by atoms with Gasteiger partial charge in [0.1, 0.15) is 11.5 Å². The van der Waals surface area contributed by atoms with Gasteiger partial charge in [-0.15, -0.1) is 0 Å². The minimum atomic E-state index is -1.03. The lowest BCUT2D eigenvalue weighted by Gasteiger charge is -2.04. The predicted molar refractivity (Wildman–Crippen MR) is 53.4 cm³/mol. The summed E-state index contributed by atoms with van der Waals surface area (Å²) in [4.78, 5) is 20.8. The monoisotopic (exact) mass is 228 g/mol. The summed E-state index contributed by atoms with van der Waals surface area (Å²) >= 11 is 0. The first-order valence-corrected chi connectivity index (χ1v) is 4.38. The maximum absolute atomic E-state index is 13.3. The van der Waals surface area contributed by atoms with Crippen molar-refractivity contribution in [1.29, 1.82) is 0 Å². The lowest BCUT2D eigenvalue weighted by molar-refractivity contribution is -0.384. The summed E-state index contributed by atoms with van der Waals surface area (Å²) < 4.78 is 17.9. The third-order valence-electron chi connectivity index (χ3n) is 1.81. The van der Waals surface area contributed by atoms with Crippen LogP contribution in [0, 0.1) is 15.9 Å². The molecule has 0 bridgehead atoms. The number of anilines is 1. The van der Waals surface area contributed by atoms with E-state index in [0.717, 1.165) is 6.07 Å². The molecule has 0 unspecified atom stereocenters. The second-order valence-corrected chi connectivity index (χ2v) is 2.87. The Morgan fingerprint density at radius 1 is 1.62 bits per heavy atom. The quantitative estimate of drug-likeness (QED) is 0.366. The number of hydrogen-bond acceptors (Lipinski definition) is 5. The molecule has 0 heterocycles. The minimum Gasteiger partial charge on any atom is -0.462 e. The number of ether oxygens (including phenoxy) is 1. The molecule has 0 aliphatic carbocycles. The third-order valence-corrected chi connectivity index (χ3v) is 1.81. The van der Waals surface area contributed by atoms with E-state index in [1.807, 2.05) is 0 Å². The molecule has 0 amide bonds. The number of esters is 1. The fourth-order valence-electron chi connectivity index (χ4n) is 1.10. The van der Waals surface area contributed by atoms with Crippen LogP contribution < -0.4 is 5.73 Å². The first kappa shape index (κ1) is 11.9. The van der Waals surface area contributed by atoms with Crippen LogP contribution in [0.25, 0.3) is 0 Å². The van der Waals surface area contributed by atoms with Gasteiger partial charge in [-0.25, -0.2) is 9.18 Å². The van der Waals surface area contributed by atoms with Crippen molar-refractivity contribution in [2.75, 3.05) is 12.3 Å². The van der Waals surface area contributed by atoms with Crippen LogP contribution in [0.4, 0.5) is 15.8 Å². The first-order chi connectivity index (χ1) is 7.47. The summed E-state index contributed by atoms with van der Waals surface area (Å²) in [5.74, 6) is -1.93. The molecular formula is C9H9FN2O4. The van der Waals surface area contributed by atoms with Crippen molar-refractivity contribution in [1.82, 2.24) is 0 Å². The number of carbonyl (C=O) groups excluding carboxylic acids is 1. The largest absolute Gasteiger partial charge is 0.462 e. The van der Waals surface area contributed by atoms with Gasteiger partial charge in [-0.2, -0.15) is 0 Å². The molecule has 0 radical (unpaired) electrons. The number of halogens is 1. The Hall–Kier alpha value is -2.18. The molecule has 0 aromatic heterocycles. The number of nitrogen functional groups attached to an aromatic ring is 1. The SMILES string of the molecule is CCOC(=O)c1cc(N)c([N+](=O)[O-])cc1F. The lowest BCUT2D eigenvalue weighted by atomic mass is 10.1. The van der Waals surface area contributed by atoms with Crippen LogP contribution >= 0.6 is 0 Å². The number of nitro groups is 1. The molecule has 16 heavy (non-hydrogen) atoms. The molecule has 0 saturated heterocycles. The van der Waals surface area contributed by atoms with Crippen molar-refractivity contribution < 1.29 is 18.8 Å². The first-order valence-electron chi connectivity index (χ1n) is 4.38. The zero-order chi connectivity index (χ0) is 12.3. The standard InChI is InChI=1S/C9H9FN2O4/c1-2-16-9(13)5-3-7(11)8(12(14)15)4-6(5)10/h3-4H,2,11H2,1H3. The number of nitrogens with two attached hydrogens (primary N) is 1. The van der Waals surface area contributed by atoms with Gasteiger partial charge in [-0.3, -0.25) is 10.1 Å². The van der Waals surface area contributed by atoms with E-state index in [2.05, 4.69) is 4.74 Å². The van der Waals surface area contributed by atoms with Crippen molar-refractivity contribution in [2.45, 2.75) is 6.92 Å². The minimum absolute atomic E-state index is 0.0785. The van der Waals surface area contributed by atoms with Gasteiger partial charge in [0, 0.05) is 0 Å². The van der Waals surface area contributed by atoms with Gasteiger partial charge in [0.2, 0.25) is 0 Å². The van der Waals surface area contributed by atoms with E-state index in [0.29, 0.717) is 6.07 Å². The topological polar surface area (TPSA) is 95.5 Å². The Balaban J connectivity index is 3.20. The zero-order valence-electron chi connectivity index (χ0n) is 8.40. The molecule has 2 N–H and O–H groups in total. The van der Waals surface area contributed by atoms with Gasteiger partial charge < -0.3 is 10.5 Å². The van der Waals surface area contributed by atoms with Crippen molar-refractivity contribution in [3.8, 4) is 0 Å². The second kappa shape index (κ2) is 4.56. The average molecular weight is 228 g/mol. The smallest absolute Gasteiger partial charge is 0.341 e. The maximum Gasteiger partial charge on any atom is 0.341 e. The summed E-state index contributed by atoms with van der Waals surface area (Å²) in [6.45, 7) is 1.64. The summed E-state index contributed by atoms with van der Waals surface area (Å²) in [5, 5.41) is 10.4. The highest BCUT2D eigenvalue weighted by molar-refractivity contribution is 5.91. The molecule has 86 valence electrons. The zero-order valence-corrected chi connectivity index (χ0v) is 8.40. The molecule has 0 spiro atoms. The molecular weight excluding hydrogens is 219 g/mol. The number of benzene rings is 1. The molecule has 0 aliphatic heterocycles. The van der Waals surface area contributed by atoms with Gasteiger partial charge in [-0.1, -0.05) is 0 Å². The Bertz CT molecular complexity index is 447. The number of nitro benzene ring substituents is 1. The van der Waals surface area contributed by atoms with Crippen LogP contribution in [-0.2, 0) is 4.74 Å². The Morgan fingerprint density at radius 2 is 2.25 bits per heavy atom. The molecule has 7 heteroatoms. The van der Waals surface area contributed by atoms with E-state index in [4.69, 9.17) is 5.73 Å². The highest BCUT2D eigenvalue weighted by Crippen LogP contribution is 2.25. The van der Waals surface area contributed by atoms with E-state index in [9.17, 15) is 19.3 Å². The van der Waals surface area contributed by atoms with E-state index >= 15 is 0 Å². The average Bonchev–Trinajstić information content (AvgIpc) is 2.20. The molecule has 0 fully saturated rings. The number of hydrogen-bond donors (Lipinski definition) is 1. The second-order valence-electron chi connectivity index (χ2n) is 2.87. The summed E-state index contributed by atoms with van der Waals surface area (Å²) in [6.07, 6.45) is 0. The van der Waals surface area contributed by atoms with Gasteiger partial charge in [0.15, 0.2) is 0 Å². The van der Waals surface area contributed by atoms with Gasteiger partial charge in [0.05, 0.1) is 23.2 Å². The number of nitrogens with zero attached hydrogens (tertiary/aromatic N) is 1. The van der Waals surface area contributed by atoms with Crippen LogP contribution in [0.5, 0.6) is 0 Å². The van der Waals surface area contributed by atoms with Gasteiger partial charge in [0.25, 0.3) is 5.69 Å². The fourth-order valence-corrected chi connectivity index (χ4v) is 1.10. The number of carbonyl (C=O) groups is 1. The van der Waals surface area contributed by atoms with Crippen LogP contribution in [0.3, 0.4) is 0 Å². The normalized spacial score (nSPS) is 9.88. The summed E-state index contributed by atoms with van der Waals surface area (Å²) in [6, 6.07) is 1.49. The fraction of sp³-hybridized carbons (Fsp3) is 0.222. The Morgan fingerprint density at radius 3 is 2.75 bits per heavy atom. The molecule has 0 saturated carbocycles.